The normalized spacial score (nSPS) is 13.9. The molecule has 0 saturated carbocycles. The minimum absolute atomic E-state index is 0.154. The smallest absolute Gasteiger partial charge is 0.146 e. The lowest BCUT2D eigenvalue weighted by atomic mass is 10.2. The van der Waals surface area contributed by atoms with Gasteiger partial charge in [-0.05, 0) is 30.2 Å². The molecule has 3 rings (SSSR count). The Morgan fingerprint density at radius 1 is 0.875 bits per heavy atom. The first-order valence-electron chi connectivity index (χ1n) is 5.46. The van der Waals surface area contributed by atoms with E-state index in [2.05, 4.69) is 12.1 Å². The zero-order valence-electron chi connectivity index (χ0n) is 8.86. The van der Waals surface area contributed by atoms with Crippen LogP contribution in [-0.4, -0.2) is 6.54 Å². The number of hydrogen-bond acceptors (Lipinski definition) is 1. The number of rotatable bonds is 1. The molecule has 0 unspecified atom stereocenters. The van der Waals surface area contributed by atoms with Gasteiger partial charge in [-0.2, -0.15) is 0 Å². The number of benzene rings is 2. The summed E-state index contributed by atoms with van der Waals surface area (Å²) in [6.45, 7) is 0.861. The quantitative estimate of drug-likeness (QED) is 0.700. The van der Waals surface area contributed by atoms with Gasteiger partial charge in [-0.25, -0.2) is 4.39 Å². The van der Waals surface area contributed by atoms with Crippen LogP contribution in [0.2, 0.25) is 0 Å². The molecule has 0 N–H and O–H groups in total. The van der Waals surface area contributed by atoms with Gasteiger partial charge >= 0.3 is 0 Å². The molecule has 2 heteroatoms. The highest BCUT2D eigenvalue weighted by Gasteiger charge is 2.21. The Morgan fingerprint density at radius 2 is 1.56 bits per heavy atom. The van der Waals surface area contributed by atoms with Gasteiger partial charge in [-0.15, -0.1) is 0 Å². The number of fused-ring (bicyclic) bond motifs is 1. The third-order valence-corrected chi connectivity index (χ3v) is 3.03. The van der Waals surface area contributed by atoms with Crippen molar-refractivity contribution in [3.63, 3.8) is 0 Å². The highest BCUT2D eigenvalue weighted by atomic mass is 19.1. The number of hydrogen-bond donors (Lipinski definition) is 0. The Hall–Kier alpha value is -1.83. The lowest BCUT2D eigenvalue weighted by molar-refractivity contribution is 0.626. The van der Waals surface area contributed by atoms with E-state index in [1.54, 1.807) is 6.07 Å². The summed E-state index contributed by atoms with van der Waals surface area (Å²) < 4.78 is 13.7. The highest BCUT2D eigenvalue weighted by Crippen LogP contribution is 2.35. The van der Waals surface area contributed by atoms with Gasteiger partial charge in [-0.1, -0.05) is 30.3 Å². The fourth-order valence-electron chi connectivity index (χ4n) is 2.26. The molecule has 16 heavy (non-hydrogen) atoms. The van der Waals surface area contributed by atoms with Crippen molar-refractivity contribution in [2.45, 2.75) is 6.42 Å². The van der Waals surface area contributed by atoms with Crippen LogP contribution in [-0.2, 0) is 6.42 Å². The van der Waals surface area contributed by atoms with Gasteiger partial charge in [0.05, 0.1) is 5.69 Å². The first kappa shape index (κ1) is 9.40. The Labute approximate surface area is 94.1 Å². The van der Waals surface area contributed by atoms with E-state index in [1.165, 1.54) is 11.6 Å². The van der Waals surface area contributed by atoms with E-state index in [4.69, 9.17) is 0 Å². The molecule has 0 fully saturated rings. The average molecular weight is 213 g/mol. The van der Waals surface area contributed by atoms with Crippen molar-refractivity contribution in [3.8, 4) is 0 Å². The molecule has 0 saturated heterocycles. The van der Waals surface area contributed by atoms with Crippen LogP contribution in [0.3, 0.4) is 0 Å². The van der Waals surface area contributed by atoms with Gasteiger partial charge in [-0.3, -0.25) is 0 Å². The zero-order chi connectivity index (χ0) is 11.0. The monoisotopic (exact) mass is 213 g/mol. The van der Waals surface area contributed by atoms with Crippen molar-refractivity contribution in [1.29, 1.82) is 0 Å². The molecule has 1 heterocycles. The van der Waals surface area contributed by atoms with Crippen LogP contribution in [0.5, 0.6) is 0 Å². The molecule has 1 aliphatic heterocycles. The molecule has 0 spiro atoms. The maximum atomic E-state index is 13.7. The predicted octanol–water partition coefficient (Wildman–Crippen LogP) is 3.52. The van der Waals surface area contributed by atoms with E-state index in [-0.39, 0.29) is 5.82 Å². The largest absolute Gasteiger partial charge is 0.339 e. The fourth-order valence-corrected chi connectivity index (χ4v) is 2.26. The van der Waals surface area contributed by atoms with Gasteiger partial charge < -0.3 is 4.90 Å². The Morgan fingerprint density at radius 3 is 2.38 bits per heavy atom. The molecule has 2 aromatic rings. The van der Waals surface area contributed by atoms with E-state index in [0.29, 0.717) is 5.69 Å². The Bertz CT molecular complexity index is 522. The van der Waals surface area contributed by atoms with E-state index in [1.807, 2.05) is 29.2 Å². The first-order chi connectivity index (χ1) is 7.86. The maximum absolute atomic E-state index is 13.7. The molecule has 1 aliphatic rings. The molecule has 0 bridgehead atoms. The standard InChI is InChI=1S/C14H12FN/c15-12-6-2-4-8-14(12)16-10-9-11-5-1-3-7-13(11)16/h1-8H,9-10H2. The molecule has 80 valence electrons. The maximum Gasteiger partial charge on any atom is 0.146 e. The Balaban J connectivity index is 2.08. The molecule has 0 radical (unpaired) electrons. The van der Waals surface area contributed by atoms with Crippen molar-refractivity contribution in [1.82, 2.24) is 0 Å². The van der Waals surface area contributed by atoms with Crippen molar-refractivity contribution >= 4 is 11.4 Å². The molecule has 0 aliphatic carbocycles. The average Bonchev–Trinajstić information content (AvgIpc) is 2.74. The molecular weight excluding hydrogens is 201 g/mol. The van der Waals surface area contributed by atoms with E-state index in [9.17, 15) is 4.39 Å². The summed E-state index contributed by atoms with van der Waals surface area (Å²) in [5, 5.41) is 0. The summed E-state index contributed by atoms with van der Waals surface area (Å²) in [4.78, 5) is 2.05. The minimum atomic E-state index is -0.154. The fraction of sp³-hybridized carbons (Fsp3) is 0.143. The molecule has 2 aromatic carbocycles. The lowest BCUT2D eigenvalue weighted by Crippen LogP contribution is -2.14. The second kappa shape index (κ2) is 3.63. The molecular formula is C14H12FN. The summed E-state index contributed by atoms with van der Waals surface area (Å²) in [6.07, 6.45) is 0.991. The van der Waals surface area contributed by atoms with Crippen molar-refractivity contribution in [3.05, 3.63) is 59.9 Å². The lowest BCUT2D eigenvalue weighted by Gasteiger charge is -2.19. The highest BCUT2D eigenvalue weighted by molar-refractivity contribution is 5.69. The van der Waals surface area contributed by atoms with Crippen LogP contribution in [0.25, 0.3) is 0 Å². The third kappa shape index (κ3) is 1.38. The number of halogens is 1. The van der Waals surface area contributed by atoms with Crippen LogP contribution in [0.1, 0.15) is 5.56 Å². The van der Waals surface area contributed by atoms with Gasteiger partial charge in [0.2, 0.25) is 0 Å². The molecule has 0 aromatic heterocycles. The van der Waals surface area contributed by atoms with Crippen LogP contribution in [0.4, 0.5) is 15.8 Å². The van der Waals surface area contributed by atoms with Crippen molar-refractivity contribution in [2.24, 2.45) is 0 Å². The van der Waals surface area contributed by atoms with Crippen LogP contribution in [0.15, 0.2) is 48.5 Å². The van der Waals surface area contributed by atoms with Crippen LogP contribution in [0, 0.1) is 5.82 Å². The van der Waals surface area contributed by atoms with E-state index in [0.717, 1.165) is 18.7 Å². The number of nitrogens with zero attached hydrogens (tertiary/aromatic N) is 1. The van der Waals surface area contributed by atoms with Crippen LogP contribution >= 0.6 is 0 Å². The molecule has 0 amide bonds. The second-order valence-electron chi connectivity index (χ2n) is 3.98. The summed E-state index contributed by atoms with van der Waals surface area (Å²) in [5.41, 5.74) is 3.10. The van der Waals surface area contributed by atoms with Gasteiger partial charge in [0, 0.05) is 12.2 Å². The summed E-state index contributed by atoms with van der Waals surface area (Å²) in [6, 6.07) is 15.1. The van der Waals surface area contributed by atoms with Crippen LogP contribution < -0.4 is 4.90 Å². The van der Waals surface area contributed by atoms with E-state index >= 15 is 0 Å². The molecule has 1 nitrogen and oxygen atoms in total. The zero-order valence-corrected chi connectivity index (χ0v) is 8.86. The topological polar surface area (TPSA) is 3.24 Å². The number of anilines is 2. The first-order valence-corrected chi connectivity index (χ1v) is 5.46. The molecule has 0 atom stereocenters. The van der Waals surface area contributed by atoms with Crippen molar-refractivity contribution < 1.29 is 4.39 Å². The second-order valence-corrected chi connectivity index (χ2v) is 3.98. The van der Waals surface area contributed by atoms with E-state index < -0.39 is 0 Å². The predicted molar refractivity (Wildman–Crippen MR) is 63.6 cm³/mol. The summed E-state index contributed by atoms with van der Waals surface area (Å²) in [5.74, 6) is -0.154. The minimum Gasteiger partial charge on any atom is -0.339 e. The van der Waals surface area contributed by atoms with Gasteiger partial charge in [0.25, 0.3) is 0 Å². The SMILES string of the molecule is Fc1ccccc1N1CCc2ccccc21. The van der Waals surface area contributed by atoms with Gasteiger partial charge in [0.1, 0.15) is 5.82 Å². The van der Waals surface area contributed by atoms with Gasteiger partial charge in [0.15, 0.2) is 0 Å². The third-order valence-electron chi connectivity index (χ3n) is 3.03. The summed E-state index contributed by atoms with van der Waals surface area (Å²) in [7, 11) is 0. The van der Waals surface area contributed by atoms with Crippen molar-refractivity contribution in [2.75, 3.05) is 11.4 Å². The summed E-state index contributed by atoms with van der Waals surface area (Å²) >= 11 is 0. The Kier molecular flexibility index (Phi) is 2.13. The number of para-hydroxylation sites is 2.